The molecule has 0 aliphatic heterocycles. The molecule has 0 heterocycles. The van der Waals surface area contributed by atoms with Gasteiger partial charge < -0.3 is 5.32 Å². The molecule has 2 rings (SSSR count). The Balaban J connectivity index is 2.08. The summed E-state index contributed by atoms with van der Waals surface area (Å²) >= 11 is 11.9. The highest BCUT2D eigenvalue weighted by atomic mass is 35.5. The Morgan fingerprint density at radius 3 is 2.68 bits per heavy atom. The molecule has 1 aromatic rings. The summed E-state index contributed by atoms with van der Waals surface area (Å²) in [7, 11) is 0. The minimum atomic E-state index is -0.104. The van der Waals surface area contributed by atoms with E-state index in [1.807, 2.05) is 0 Å². The summed E-state index contributed by atoms with van der Waals surface area (Å²) in [5.74, 6) is 1.05. The van der Waals surface area contributed by atoms with Crippen LogP contribution in [0.4, 0.5) is 0 Å². The van der Waals surface area contributed by atoms with Crippen molar-refractivity contribution in [3.63, 3.8) is 0 Å². The zero-order valence-corrected chi connectivity index (χ0v) is 12.8. The molecule has 1 aromatic carbocycles. The van der Waals surface area contributed by atoms with Crippen LogP contribution < -0.4 is 5.32 Å². The fourth-order valence-electron chi connectivity index (χ4n) is 2.71. The predicted octanol–water partition coefficient (Wildman–Crippen LogP) is 4.55. The van der Waals surface area contributed by atoms with Gasteiger partial charge in [-0.15, -0.1) is 0 Å². The van der Waals surface area contributed by atoms with E-state index >= 15 is 0 Å². The molecule has 1 aliphatic carbocycles. The maximum absolute atomic E-state index is 12.3. The predicted molar refractivity (Wildman–Crippen MR) is 79.9 cm³/mol. The summed E-state index contributed by atoms with van der Waals surface area (Å²) in [5.41, 5.74) is 0.497. The second kappa shape index (κ2) is 6.15. The lowest BCUT2D eigenvalue weighted by Gasteiger charge is -2.34. The van der Waals surface area contributed by atoms with E-state index in [0.29, 0.717) is 27.4 Å². The first-order chi connectivity index (χ1) is 8.99. The van der Waals surface area contributed by atoms with Crippen LogP contribution >= 0.6 is 23.2 Å². The SMILES string of the molecule is C[C@H]1[C@@H](NC(=O)c2ccc(Cl)cc2Cl)CCC[C@@H]1C. The van der Waals surface area contributed by atoms with Crippen LogP contribution in [0, 0.1) is 11.8 Å². The van der Waals surface area contributed by atoms with Crippen molar-refractivity contribution in [2.75, 3.05) is 0 Å². The lowest BCUT2D eigenvalue weighted by atomic mass is 9.78. The van der Waals surface area contributed by atoms with Gasteiger partial charge in [-0.2, -0.15) is 0 Å². The summed E-state index contributed by atoms with van der Waals surface area (Å²) in [4.78, 5) is 12.3. The van der Waals surface area contributed by atoms with Crippen molar-refractivity contribution in [3.05, 3.63) is 33.8 Å². The third-order valence-corrected chi connectivity index (χ3v) is 4.75. The van der Waals surface area contributed by atoms with Crippen molar-refractivity contribution < 1.29 is 4.79 Å². The molecular formula is C15H19Cl2NO. The normalized spacial score (nSPS) is 27.1. The van der Waals surface area contributed by atoms with Crippen molar-refractivity contribution in [2.45, 2.75) is 39.2 Å². The van der Waals surface area contributed by atoms with E-state index in [0.717, 1.165) is 6.42 Å². The van der Waals surface area contributed by atoms with Gasteiger partial charge in [0.25, 0.3) is 5.91 Å². The average Bonchev–Trinajstić information content (AvgIpc) is 2.34. The minimum absolute atomic E-state index is 0.104. The monoisotopic (exact) mass is 299 g/mol. The topological polar surface area (TPSA) is 29.1 Å². The summed E-state index contributed by atoms with van der Waals surface area (Å²) in [6.07, 6.45) is 3.46. The molecule has 0 saturated heterocycles. The maximum atomic E-state index is 12.3. The number of rotatable bonds is 2. The van der Waals surface area contributed by atoms with Crippen LogP contribution in [0.1, 0.15) is 43.5 Å². The first kappa shape index (κ1) is 14.7. The average molecular weight is 300 g/mol. The van der Waals surface area contributed by atoms with Crippen LogP contribution in [-0.4, -0.2) is 11.9 Å². The number of nitrogens with one attached hydrogen (secondary N) is 1. The molecular weight excluding hydrogens is 281 g/mol. The van der Waals surface area contributed by atoms with Crippen molar-refractivity contribution in [2.24, 2.45) is 11.8 Å². The Kier molecular flexibility index (Phi) is 4.75. The smallest absolute Gasteiger partial charge is 0.253 e. The van der Waals surface area contributed by atoms with Gasteiger partial charge in [-0.05, 0) is 36.5 Å². The molecule has 1 saturated carbocycles. The number of benzene rings is 1. The quantitative estimate of drug-likeness (QED) is 0.853. The maximum Gasteiger partial charge on any atom is 0.253 e. The first-order valence-electron chi connectivity index (χ1n) is 6.75. The largest absolute Gasteiger partial charge is 0.349 e. The number of hydrogen-bond donors (Lipinski definition) is 1. The molecule has 1 N–H and O–H groups in total. The van der Waals surface area contributed by atoms with E-state index < -0.39 is 0 Å². The van der Waals surface area contributed by atoms with Gasteiger partial charge in [0.05, 0.1) is 10.6 Å². The van der Waals surface area contributed by atoms with Crippen molar-refractivity contribution in [1.29, 1.82) is 0 Å². The third-order valence-electron chi connectivity index (χ3n) is 4.20. The Hall–Kier alpha value is -0.730. The standard InChI is InChI=1S/C15H19Cl2NO/c1-9-4-3-5-14(10(9)2)18-15(19)12-7-6-11(16)8-13(12)17/h6-10,14H,3-5H2,1-2H3,(H,18,19)/t9-,10+,14-/m0/s1. The summed E-state index contributed by atoms with van der Waals surface area (Å²) in [5, 5.41) is 4.06. The van der Waals surface area contributed by atoms with Crippen LogP contribution in [0.2, 0.25) is 10.0 Å². The molecule has 0 aromatic heterocycles. The highest BCUT2D eigenvalue weighted by molar-refractivity contribution is 6.36. The van der Waals surface area contributed by atoms with Crippen molar-refractivity contribution in [1.82, 2.24) is 5.32 Å². The van der Waals surface area contributed by atoms with Gasteiger partial charge >= 0.3 is 0 Å². The van der Waals surface area contributed by atoms with Gasteiger partial charge in [-0.25, -0.2) is 0 Å². The molecule has 0 radical (unpaired) electrons. The van der Waals surface area contributed by atoms with Crippen LogP contribution in [0.3, 0.4) is 0 Å². The summed E-state index contributed by atoms with van der Waals surface area (Å²) < 4.78 is 0. The van der Waals surface area contributed by atoms with Gasteiger partial charge in [0.1, 0.15) is 0 Å². The van der Waals surface area contributed by atoms with Gasteiger partial charge in [0.15, 0.2) is 0 Å². The van der Waals surface area contributed by atoms with E-state index in [9.17, 15) is 4.79 Å². The Morgan fingerprint density at radius 2 is 2.00 bits per heavy atom. The molecule has 4 heteroatoms. The van der Waals surface area contributed by atoms with E-state index in [-0.39, 0.29) is 11.9 Å². The lowest BCUT2D eigenvalue weighted by Crippen LogP contribution is -2.43. The molecule has 1 fully saturated rings. The van der Waals surface area contributed by atoms with Crippen LogP contribution in [-0.2, 0) is 0 Å². The fraction of sp³-hybridized carbons (Fsp3) is 0.533. The Morgan fingerprint density at radius 1 is 1.26 bits per heavy atom. The zero-order chi connectivity index (χ0) is 14.0. The molecule has 1 aliphatic rings. The Bertz CT molecular complexity index is 475. The van der Waals surface area contributed by atoms with E-state index in [2.05, 4.69) is 19.2 Å². The van der Waals surface area contributed by atoms with Crippen molar-refractivity contribution in [3.8, 4) is 0 Å². The molecule has 0 bridgehead atoms. The van der Waals surface area contributed by atoms with Gasteiger partial charge in [-0.3, -0.25) is 4.79 Å². The van der Waals surface area contributed by atoms with Crippen LogP contribution in [0.25, 0.3) is 0 Å². The summed E-state index contributed by atoms with van der Waals surface area (Å²) in [6.45, 7) is 4.45. The molecule has 0 unspecified atom stereocenters. The number of amides is 1. The molecule has 0 spiro atoms. The number of carbonyl (C=O) groups is 1. The van der Waals surface area contributed by atoms with Crippen LogP contribution in [0.5, 0.6) is 0 Å². The molecule has 2 nitrogen and oxygen atoms in total. The minimum Gasteiger partial charge on any atom is -0.349 e. The third kappa shape index (κ3) is 3.43. The molecule has 3 atom stereocenters. The highest BCUT2D eigenvalue weighted by Gasteiger charge is 2.28. The number of carbonyl (C=O) groups excluding carboxylic acids is 1. The van der Waals surface area contributed by atoms with E-state index in [1.165, 1.54) is 12.8 Å². The number of hydrogen-bond acceptors (Lipinski definition) is 1. The highest BCUT2D eigenvalue weighted by Crippen LogP contribution is 2.30. The Labute approximate surface area is 124 Å². The van der Waals surface area contributed by atoms with Crippen molar-refractivity contribution >= 4 is 29.1 Å². The molecule has 19 heavy (non-hydrogen) atoms. The lowest BCUT2D eigenvalue weighted by molar-refractivity contribution is 0.0891. The molecule has 1 amide bonds. The van der Waals surface area contributed by atoms with Crippen LogP contribution in [0.15, 0.2) is 18.2 Å². The van der Waals surface area contributed by atoms with Gasteiger partial charge in [0.2, 0.25) is 0 Å². The fourth-order valence-corrected chi connectivity index (χ4v) is 3.20. The van der Waals surface area contributed by atoms with Gasteiger partial charge in [-0.1, -0.05) is 49.9 Å². The van der Waals surface area contributed by atoms with E-state index in [4.69, 9.17) is 23.2 Å². The van der Waals surface area contributed by atoms with Gasteiger partial charge in [0, 0.05) is 11.1 Å². The number of halogens is 2. The molecule has 104 valence electrons. The van der Waals surface area contributed by atoms with E-state index in [1.54, 1.807) is 18.2 Å². The second-order valence-electron chi connectivity index (χ2n) is 5.47. The first-order valence-corrected chi connectivity index (χ1v) is 7.50. The summed E-state index contributed by atoms with van der Waals surface area (Å²) in [6, 6.07) is 5.21. The zero-order valence-electron chi connectivity index (χ0n) is 11.2. The second-order valence-corrected chi connectivity index (χ2v) is 6.32.